The highest BCUT2D eigenvalue weighted by atomic mass is 35.5. The maximum Gasteiger partial charge on any atom is 0.123 e. The average Bonchev–Trinajstić information content (AvgIpc) is 3.00. The van der Waals surface area contributed by atoms with Crippen molar-refractivity contribution < 1.29 is 4.74 Å². The molecule has 0 spiro atoms. The third-order valence-corrected chi connectivity index (χ3v) is 4.64. The van der Waals surface area contributed by atoms with E-state index >= 15 is 0 Å². The number of nitrogens with zero attached hydrogens (tertiary/aromatic N) is 1. The van der Waals surface area contributed by atoms with E-state index in [2.05, 4.69) is 10.2 Å². The summed E-state index contributed by atoms with van der Waals surface area (Å²) in [6, 6.07) is 7.17. The van der Waals surface area contributed by atoms with Gasteiger partial charge >= 0.3 is 0 Å². The van der Waals surface area contributed by atoms with Gasteiger partial charge in [0.25, 0.3) is 0 Å². The predicted molar refractivity (Wildman–Crippen MR) is 77.8 cm³/mol. The lowest BCUT2D eigenvalue weighted by molar-refractivity contribution is 0.298. The Bertz CT molecular complexity index is 452. The molecule has 2 unspecified atom stereocenters. The average molecular weight is 281 g/mol. The first-order valence-corrected chi connectivity index (χ1v) is 7.45. The Morgan fingerprint density at radius 1 is 1.37 bits per heavy atom. The summed E-state index contributed by atoms with van der Waals surface area (Å²) in [6.07, 6.45) is 3.95. The van der Waals surface area contributed by atoms with Crippen LogP contribution >= 0.6 is 11.6 Å². The normalized spacial score (nSPS) is 26.6. The van der Waals surface area contributed by atoms with Crippen LogP contribution in [0, 0.1) is 0 Å². The van der Waals surface area contributed by atoms with E-state index in [0.29, 0.717) is 6.04 Å². The second-order valence-electron chi connectivity index (χ2n) is 5.48. The monoisotopic (exact) mass is 280 g/mol. The first-order valence-electron chi connectivity index (χ1n) is 7.08. The number of nitrogens with one attached hydrogen (secondary N) is 1. The number of halogens is 1. The Balaban J connectivity index is 1.64. The van der Waals surface area contributed by atoms with E-state index in [1.165, 1.54) is 32.4 Å². The molecule has 0 radical (unpaired) electrons. The molecule has 2 heterocycles. The molecule has 1 aromatic carbocycles. The van der Waals surface area contributed by atoms with Gasteiger partial charge in [-0.1, -0.05) is 11.6 Å². The van der Waals surface area contributed by atoms with E-state index in [-0.39, 0.29) is 0 Å². The number of ether oxygens (including phenoxy) is 1. The minimum atomic E-state index is 0.617. The smallest absolute Gasteiger partial charge is 0.123 e. The van der Waals surface area contributed by atoms with Gasteiger partial charge in [-0.05, 0) is 44.0 Å². The molecule has 19 heavy (non-hydrogen) atoms. The lowest BCUT2D eigenvalue weighted by Gasteiger charge is -2.22. The van der Waals surface area contributed by atoms with Gasteiger partial charge in [0.15, 0.2) is 0 Å². The van der Waals surface area contributed by atoms with Crippen LogP contribution in [0.4, 0.5) is 0 Å². The van der Waals surface area contributed by atoms with Gasteiger partial charge in [-0.25, -0.2) is 0 Å². The lowest BCUT2D eigenvalue weighted by Crippen LogP contribution is -2.38. The van der Waals surface area contributed by atoms with Gasteiger partial charge < -0.3 is 10.1 Å². The van der Waals surface area contributed by atoms with Crippen molar-refractivity contribution >= 4 is 11.6 Å². The molecule has 0 aliphatic carbocycles. The second-order valence-corrected chi connectivity index (χ2v) is 5.91. The van der Waals surface area contributed by atoms with Gasteiger partial charge in [0.05, 0.1) is 7.11 Å². The Hall–Kier alpha value is -0.770. The van der Waals surface area contributed by atoms with Gasteiger partial charge in [0.1, 0.15) is 5.75 Å². The fraction of sp³-hybridized carbons (Fsp3) is 0.600. The van der Waals surface area contributed by atoms with Crippen LogP contribution in [0.15, 0.2) is 18.2 Å². The molecule has 1 aromatic rings. The molecule has 2 saturated heterocycles. The maximum absolute atomic E-state index is 6.07. The first kappa shape index (κ1) is 13.2. The van der Waals surface area contributed by atoms with Crippen molar-refractivity contribution in [2.24, 2.45) is 0 Å². The summed E-state index contributed by atoms with van der Waals surface area (Å²) < 4.78 is 5.39. The van der Waals surface area contributed by atoms with E-state index in [1.54, 1.807) is 7.11 Å². The van der Waals surface area contributed by atoms with Crippen molar-refractivity contribution in [2.45, 2.75) is 37.9 Å². The maximum atomic E-state index is 6.07. The van der Waals surface area contributed by atoms with Gasteiger partial charge in [-0.2, -0.15) is 0 Å². The predicted octanol–water partition coefficient (Wildman–Crippen LogP) is 2.67. The van der Waals surface area contributed by atoms with Crippen LogP contribution in [0.5, 0.6) is 5.75 Å². The third kappa shape index (κ3) is 2.73. The summed E-state index contributed by atoms with van der Waals surface area (Å²) >= 11 is 6.07. The molecule has 0 amide bonds. The van der Waals surface area contributed by atoms with E-state index in [0.717, 1.165) is 28.9 Å². The van der Waals surface area contributed by atoms with E-state index < -0.39 is 0 Å². The van der Waals surface area contributed by atoms with Crippen LogP contribution in [0.25, 0.3) is 0 Å². The van der Waals surface area contributed by atoms with Crippen molar-refractivity contribution in [3.05, 3.63) is 28.8 Å². The van der Waals surface area contributed by atoms with Crippen LogP contribution in [0.1, 0.15) is 24.8 Å². The van der Waals surface area contributed by atoms with Crippen molar-refractivity contribution in [2.75, 3.05) is 20.2 Å². The van der Waals surface area contributed by atoms with E-state index in [1.807, 2.05) is 18.2 Å². The topological polar surface area (TPSA) is 24.5 Å². The molecule has 2 fully saturated rings. The molecule has 4 heteroatoms. The van der Waals surface area contributed by atoms with Gasteiger partial charge in [-0.3, -0.25) is 4.90 Å². The molecule has 2 aliphatic heterocycles. The fourth-order valence-electron chi connectivity index (χ4n) is 3.45. The number of methoxy groups -OCH3 is 1. The standard InChI is InChI=1S/C15H21ClN2O/c1-19-15-5-4-12(16)9-11(15)10-17-13-6-8-18-7-2-3-14(13)18/h4-5,9,13-14,17H,2-3,6-8,10H2,1H3. The van der Waals surface area contributed by atoms with Crippen LogP contribution < -0.4 is 10.1 Å². The Morgan fingerprint density at radius 2 is 2.26 bits per heavy atom. The molecule has 3 nitrogen and oxygen atoms in total. The zero-order valence-corrected chi connectivity index (χ0v) is 12.1. The fourth-order valence-corrected chi connectivity index (χ4v) is 3.64. The molecule has 0 bridgehead atoms. The Morgan fingerprint density at radius 3 is 3.11 bits per heavy atom. The number of benzene rings is 1. The first-order chi connectivity index (χ1) is 9.28. The molecular weight excluding hydrogens is 260 g/mol. The molecule has 2 atom stereocenters. The number of rotatable bonds is 4. The lowest BCUT2D eigenvalue weighted by atomic mass is 10.1. The van der Waals surface area contributed by atoms with E-state index in [4.69, 9.17) is 16.3 Å². The minimum Gasteiger partial charge on any atom is -0.496 e. The molecular formula is C15H21ClN2O. The van der Waals surface area contributed by atoms with Crippen molar-refractivity contribution in [3.63, 3.8) is 0 Å². The van der Waals surface area contributed by atoms with Gasteiger partial charge in [0, 0.05) is 35.8 Å². The summed E-state index contributed by atoms with van der Waals surface area (Å²) in [7, 11) is 1.71. The van der Waals surface area contributed by atoms with Crippen LogP contribution in [0.3, 0.4) is 0 Å². The molecule has 0 aromatic heterocycles. The van der Waals surface area contributed by atoms with Crippen LogP contribution in [-0.2, 0) is 6.54 Å². The van der Waals surface area contributed by atoms with Crippen LogP contribution in [0.2, 0.25) is 5.02 Å². The van der Waals surface area contributed by atoms with E-state index in [9.17, 15) is 0 Å². The van der Waals surface area contributed by atoms with Gasteiger partial charge in [0.2, 0.25) is 0 Å². The summed E-state index contributed by atoms with van der Waals surface area (Å²) in [5, 5.41) is 4.46. The minimum absolute atomic E-state index is 0.617. The Labute approximate surface area is 119 Å². The molecule has 104 valence electrons. The number of fused-ring (bicyclic) bond motifs is 1. The number of hydrogen-bond acceptors (Lipinski definition) is 3. The molecule has 0 saturated carbocycles. The zero-order valence-electron chi connectivity index (χ0n) is 11.4. The highest BCUT2D eigenvalue weighted by Crippen LogP contribution is 2.29. The quantitative estimate of drug-likeness (QED) is 0.918. The summed E-state index contributed by atoms with van der Waals surface area (Å²) in [5.41, 5.74) is 1.14. The van der Waals surface area contributed by atoms with Crippen molar-refractivity contribution in [1.29, 1.82) is 0 Å². The Kier molecular flexibility index (Phi) is 3.96. The molecule has 1 N–H and O–H groups in total. The van der Waals surface area contributed by atoms with Crippen molar-refractivity contribution in [1.82, 2.24) is 10.2 Å². The van der Waals surface area contributed by atoms with Crippen molar-refractivity contribution in [3.8, 4) is 5.75 Å². The van der Waals surface area contributed by atoms with Gasteiger partial charge in [-0.15, -0.1) is 0 Å². The SMILES string of the molecule is COc1ccc(Cl)cc1CNC1CCN2CCCC12. The largest absolute Gasteiger partial charge is 0.496 e. The zero-order chi connectivity index (χ0) is 13.2. The summed E-state index contributed by atoms with van der Waals surface area (Å²) in [4.78, 5) is 2.62. The second kappa shape index (κ2) is 5.70. The highest BCUT2D eigenvalue weighted by Gasteiger charge is 2.36. The third-order valence-electron chi connectivity index (χ3n) is 4.40. The summed E-state index contributed by atoms with van der Waals surface area (Å²) in [5.74, 6) is 0.915. The molecule has 3 rings (SSSR count). The highest BCUT2D eigenvalue weighted by molar-refractivity contribution is 6.30. The summed E-state index contributed by atoms with van der Waals surface area (Å²) in [6.45, 7) is 3.36. The van der Waals surface area contributed by atoms with Crippen LogP contribution in [-0.4, -0.2) is 37.2 Å². The molecule has 2 aliphatic rings. The number of hydrogen-bond donors (Lipinski definition) is 1.